The third-order valence-corrected chi connectivity index (χ3v) is 4.14. The molecule has 3 N–H and O–H groups in total. The molecule has 110 valence electrons. The van der Waals surface area contributed by atoms with Gasteiger partial charge in [0.1, 0.15) is 0 Å². The SMILES string of the molecule is C[C@H](NC(N)=O)c1noc([C@@H]2C[C@@H]2c2ccc(Br)cc2)n1. The fraction of sp³-hybridized carbons (Fsp3) is 0.357. The lowest BCUT2D eigenvalue weighted by Gasteiger charge is -2.05. The lowest BCUT2D eigenvalue weighted by molar-refractivity contribution is 0.245. The highest BCUT2D eigenvalue weighted by Gasteiger charge is 2.43. The summed E-state index contributed by atoms with van der Waals surface area (Å²) in [7, 11) is 0. The average Bonchev–Trinajstić information content (AvgIpc) is 3.07. The fourth-order valence-corrected chi connectivity index (χ4v) is 2.66. The van der Waals surface area contributed by atoms with Crippen molar-refractivity contribution >= 4 is 22.0 Å². The van der Waals surface area contributed by atoms with Gasteiger partial charge in [-0.05, 0) is 37.0 Å². The Labute approximate surface area is 130 Å². The first-order valence-electron chi connectivity index (χ1n) is 6.69. The Bertz CT molecular complexity index is 655. The number of aromatic nitrogens is 2. The van der Waals surface area contributed by atoms with E-state index >= 15 is 0 Å². The van der Waals surface area contributed by atoms with Crippen LogP contribution >= 0.6 is 15.9 Å². The van der Waals surface area contributed by atoms with Crippen LogP contribution in [0.15, 0.2) is 33.3 Å². The minimum Gasteiger partial charge on any atom is -0.352 e. The number of halogens is 1. The van der Waals surface area contributed by atoms with Crippen LogP contribution in [0.1, 0.15) is 48.5 Å². The molecule has 3 atom stereocenters. The molecule has 1 aromatic heterocycles. The van der Waals surface area contributed by atoms with Crippen molar-refractivity contribution in [3.8, 4) is 0 Å². The monoisotopic (exact) mass is 350 g/mol. The quantitative estimate of drug-likeness (QED) is 0.886. The van der Waals surface area contributed by atoms with Crippen LogP contribution in [-0.4, -0.2) is 16.2 Å². The predicted molar refractivity (Wildman–Crippen MR) is 79.7 cm³/mol. The molecule has 1 fully saturated rings. The molecule has 1 heterocycles. The molecular formula is C14H15BrN4O2. The molecule has 0 aliphatic heterocycles. The summed E-state index contributed by atoms with van der Waals surface area (Å²) in [6.45, 7) is 1.76. The normalized spacial score (nSPS) is 21.8. The number of urea groups is 1. The van der Waals surface area contributed by atoms with Crippen molar-refractivity contribution in [1.82, 2.24) is 15.5 Å². The molecule has 3 rings (SSSR count). The average molecular weight is 351 g/mol. The number of nitrogens with two attached hydrogens (primary N) is 1. The molecule has 1 aromatic carbocycles. The van der Waals surface area contributed by atoms with E-state index in [0.29, 0.717) is 17.6 Å². The second kappa shape index (κ2) is 5.48. The predicted octanol–water partition coefficient (Wildman–Crippen LogP) is 2.83. The molecule has 21 heavy (non-hydrogen) atoms. The summed E-state index contributed by atoms with van der Waals surface area (Å²) in [4.78, 5) is 15.2. The van der Waals surface area contributed by atoms with Crippen molar-refractivity contribution in [2.24, 2.45) is 5.73 Å². The molecule has 0 bridgehead atoms. The molecule has 2 aromatic rings. The van der Waals surface area contributed by atoms with Crippen LogP contribution in [0.25, 0.3) is 0 Å². The number of carbonyl (C=O) groups excluding carboxylic acids is 1. The topological polar surface area (TPSA) is 94.0 Å². The number of nitrogens with one attached hydrogen (secondary N) is 1. The zero-order valence-corrected chi connectivity index (χ0v) is 13.0. The van der Waals surface area contributed by atoms with Crippen LogP contribution in [0.2, 0.25) is 0 Å². The van der Waals surface area contributed by atoms with Gasteiger partial charge in [0.2, 0.25) is 5.89 Å². The van der Waals surface area contributed by atoms with Crippen LogP contribution in [-0.2, 0) is 0 Å². The molecule has 0 radical (unpaired) electrons. The Hall–Kier alpha value is -1.89. The van der Waals surface area contributed by atoms with E-state index in [0.717, 1.165) is 10.9 Å². The molecule has 1 saturated carbocycles. The van der Waals surface area contributed by atoms with E-state index in [9.17, 15) is 4.79 Å². The van der Waals surface area contributed by atoms with E-state index in [1.807, 2.05) is 12.1 Å². The van der Waals surface area contributed by atoms with Gasteiger partial charge < -0.3 is 15.6 Å². The summed E-state index contributed by atoms with van der Waals surface area (Å²) >= 11 is 3.43. The summed E-state index contributed by atoms with van der Waals surface area (Å²) in [5.74, 6) is 1.75. The summed E-state index contributed by atoms with van der Waals surface area (Å²) in [5.41, 5.74) is 6.35. The molecule has 0 unspecified atom stereocenters. The van der Waals surface area contributed by atoms with Gasteiger partial charge in [-0.1, -0.05) is 33.2 Å². The first-order chi connectivity index (χ1) is 10.0. The summed E-state index contributed by atoms with van der Waals surface area (Å²) in [6.07, 6.45) is 1.00. The van der Waals surface area contributed by atoms with Gasteiger partial charge in [0, 0.05) is 10.4 Å². The number of benzene rings is 1. The number of nitrogens with zero attached hydrogens (tertiary/aromatic N) is 2. The Kier molecular flexibility index (Phi) is 3.67. The summed E-state index contributed by atoms with van der Waals surface area (Å²) < 4.78 is 6.37. The Morgan fingerprint density at radius 1 is 1.43 bits per heavy atom. The number of hydrogen-bond donors (Lipinski definition) is 2. The molecular weight excluding hydrogens is 336 g/mol. The van der Waals surface area contributed by atoms with Crippen LogP contribution in [0.5, 0.6) is 0 Å². The lowest BCUT2D eigenvalue weighted by Crippen LogP contribution is -2.32. The van der Waals surface area contributed by atoms with E-state index in [1.165, 1.54) is 5.56 Å². The number of carbonyl (C=O) groups is 1. The first kappa shape index (κ1) is 14.1. The number of hydrogen-bond acceptors (Lipinski definition) is 4. The molecule has 1 aliphatic rings. The summed E-state index contributed by atoms with van der Waals surface area (Å²) in [5, 5.41) is 6.44. The highest BCUT2D eigenvalue weighted by Crippen LogP contribution is 2.54. The second-order valence-corrected chi connectivity index (χ2v) is 6.14. The zero-order valence-electron chi connectivity index (χ0n) is 11.4. The van der Waals surface area contributed by atoms with Crippen LogP contribution in [0.4, 0.5) is 4.79 Å². The molecule has 7 heteroatoms. The van der Waals surface area contributed by atoms with Crippen molar-refractivity contribution in [3.63, 3.8) is 0 Å². The maximum Gasteiger partial charge on any atom is 0.312 e. The minimum absolute atomic E-state index is 0.258. The van der Waals surface area contributed by atoms with Gasteiger partial charge in [0.05, 0.1) is 6.04 Å². The highest BCUT2D eigenvalue weighted by molar-refractivity contribution is 9.10. The van der Waals surface area contributed by atoms with E-state index < -0.39 is 6.03 Å². The van der Waals surface area contributed by atoms with E-state index in [1.54, 1.807) is 6.92 Å². The van der Waals surface area contributed by atoms with Crippen molar-refractivity contribution < 1.29 is 9.32 Å². The van der Waals surface area contributed by atoms with Crippen LogP contribution in [0, 0.1) is 0 Å². The lowest BCUT2D eigenvalue weighted by atomic mass is 10.1. The van der Waals surface area contributed by atoms with E-state index in [2.05, 4.69) is 43.5 Å². The smallest absolute Gasteiger partial charge is 0.312 e. The van der Waals surface area contributed by atoms with Crippen LogP contribution < -0.4 is 11.1 Å². The Morgan fingerprint density at radius 2 is 2.14 bits per heavy atom. The fourth-order valence-electron chi connectivity index (χ4n) is 2.40. The highest BCUT2D eigenvalue weighted by atomic mass is 79.9. The number of amides is 2. The van der Waals surface area contributed by atoms with E-state index in [-0.39, 0.29) is 12.0 Å². The third-order valence-electron chi connectivity index (χ3n) is 3.61. The maximum atomic E-state index is 10.8. The van der Waals surface area contributed by atoms with Gasteiger partial charge in [-0.3, -0.25) is 0 Å². The molecule has 6 nitrogen and oxygen atoms in total. The molecule has 1 aliphatic carbocycles. The minimum atomic E-state index is -0.604. The Balaban J connectivity index is 1.68. The molecule has 2 amide bonds. The van der Waals surface area contributed by atoms with Crippen molar-refractivity contribution in [2.45, 2.75) is 31.2 Å². The van der Waals surface area contributed by atoms with Crippen molar-refractivity contribution in [1.29, 1.82) is 0 Å². The Morgan fingerprint density at radius 3 is 2.81 bits per heavy atom. The first-order valence-corrected chi connectivity index (χ1v) is 7.49. The van der Waals surface area contributed by atoms with Gasteiger partial charge in [-0.25, -0.2) is 4.79 Å². The van der Waals surface area contributed by atoms with Gasteiger partial charge in [0.15, 0.2) is 5.82 Å². The molecule has 0 saturated heterocycles. The number of rotatable bonds is 4. The van der Waals surface area contributed by atoms with E-state index in [4.69, 9.17) is 10.3 Å². The van der Waals surface area contributed by atoms with Gasteiger partial charge >= 0.3 is 6.03 Å². The maximum absolute atomic E-state index is 10.8. The van der Waals surface area contributed by atoms with Crippen LogP contribution in [0.3, 0.4) is 0 Å². The largest absolute Gasteiger partial charge is 0.352 e. The zero-order chi connectivity index (χ0) is 15.0. The van der Waals surface area contributed by atoms with Crippen molar-refractivity contribution in [2.75, 3.05) is 0 Å². The third kappa shape index (κ3) is 3.07. The van der Waals surface area contributed by atoms with Gasteiger partial charge in [0.25, 0.3) is 0 Å². The van der Waals surface area contributed by atoms with Gasteiger partial charge in [-0.2, -0.15) is 4.98 Å². The number of primary amides is 1. The second-order valence-electron chi connectivity index (χ2n) is 5.22. The van der Waals surface area contributed by atoms with Crippen molar-refractivity contribution in [3.05, 3.63) is 46.0 Å². The standard InChI is InChI=1S/C14H15BrN4O2/c1-7(17-14(16)20)12-18-13(21-19-12)11-6-10(11)8-2-4-9(15)5-3-8/h2-5,7,10-11H,6H2,1H3,(H3,16,17,20)/t7-,10+,11+/m0/s1. The van der Waals surface area contributed by atoms with Gasteiger partial charge in [-0.15, -0.1) is 0 Å². The summed E-state index contributed by atoms with van der Waals surface area (Å²) in [6, 6.07) is 7.30. The molecule has 0 spiro atoms.